The number of hydrogen-bond donors (Lipinski definition) is 2. The van der Waals surface area contributed by atoms with E-state index in [1.54, 1.807) is 25.3 Å². The number of rotatable bonds is 4. The van der Waals surface area contributed by atoms with Gasteiger partial charge in [-0.05, 0) is 26.0 Å². The van der Waals surface area contributed by atoms with Gasteiger partial charge in [-0.2, -0.15) is 4.98 Å². The van der Waals surface area contributed by atoms with Gasteiger partial charge in [0.15, 0.2) is 5.82 Å². The van der Waals surface area contributed by atoms with E-state index >= 15 is 0 Å². The molecule has 3 aromatic rings. The van der Waals surface area contributed by atoms with Crippen LogP contribution in [0.25, 0.3) is 11.0 Å². The molecule has 2 N–H and O–H groups in total. The first-order valence-corrected chi connectivity index (χ1v) is 6.62. The average molecular weight is 288 g/mol. The highest BCUT2D eigenvalue weighted by Crippen LogP contribution is 2.19. The van der Waals surface area contributed by atoms with Gasteiger partial charge in [0.25, 0.3) is 5.56 Å². The average Bonchev–Trinajstić information content (AvgIpc) is 3.04. The number of nitrogens with one attached hydrogen (secondary N) is 2. The van der Waals surface area contributed by atoms with Crippen LogP contribution in [0.2, 0.25) is 0 Å². The van der Waals surface area contributed by atoms with Crippen LogP contribution in [0.15, 0.2) is 32.1 Å². The maximum Gasteiger partial charge on any atom is 0.259 e. The highest BCUT2D eigenvalue weighted by Gasteiger charge is 2.26. The molecule has 0 aromatic carbocycles. The second-order valence-corrected chi connectivity index (χ2v) is 5.41. The van der Waals surface area contributed by atoms with Crippen molar-refractivity contribution >= 4 is 11.0 Å². The molecule has 0 saturated heterocycles. The second kappa shape index (κ2) is 4.85. The van der Waals surface area contributed by atoms with E-state index < -0.39 is 5.54 Å². The molecule has 0 fully saturated rings. The van der Waals surface area contributed by atoms with Crippen molar-refractivity contribution < 1.29 is 8.94 Å². The molecule has 3 rings (SSSR count). The first kappa shape index (κ1) is 13.6. The fourth-order valence-corrected chi connectivity index (χ4v) is 2.06. The molecule has 0 aliphatic heterocycles. The summed E-state index contributed by atoms with van der Waals surface area (Å²) in [4.78, 5) is 18.5. The summed E-state index contributed by atoms with van der Waals surface area (Å²) in [5, 5.41) is 7.76. The van der Waals surface area contributed by atoms with Gasteiger partial charge in [-0.3, -0.25) is 10.1 Å². The summed E-state index contributed by atoms with van der Waals surface area (Å²) in [7, 11) is 0. The van der Waals surface area contributed by atoms with Gasteiger partial charge in [0.1, 0.15) is 11.3 Å². The molecule has 0 unspecified atom stereocenters. The molecule has 7 nitrogen and oxygen atoms in total. The Morgan fingerprint density at radius 2 is 2.24 bits per heavy atom. The van der Waals surface area contributed by atoms with Crippen LogP contribution >= 0.6 is 0 Å². The Kier molecular flexibility index (Phi) is 3.13. The van der Waals surface area contributed by atoms with Crippen LogP contribution in [0.4, 0.5) is 0 Å². The van der Waals surface area contributed by atoms with Crippen molar-refractivity contribution in [3.63, 3.8) is 0 Å². The number of fused-ring (bicyclic) bond motifs is 1. The molecule has 7 heteroatoms. The van der Waals surface area contributed by atoms with Crippen LogP contribution in [0, 0.1) is 6.92 Å². The minimum atomic E-state index is -0.469. The molecular weight excluding hydrogens is 272 g/mol. The van der Waals surface area contributed by atoms with E-state index in [1.165, 1.54) is 0 Å². The van der Waals surface area contributed by atoms with Gasteiger partial charge >= 0.3 is 0 Å². The molecule has 0 saturated carbocycles. The highest BCUT2D eigenvalue weighted by molar-refractivity contribution is 5.76. The number of nitrogens with zero attached hydrogens (tertiary/aromatic N) is 2. The summed E-state index contributed by atoms with van der Waals surface area (Å²) in [5.41, 5.74) is -0.0531. The lowest BCUT2D eigenvalue weighted by atomic mass is 10.1. The number of aromatic amines is 1. The summed E-state index contributed by atoms with van der Waals surface area (Å²) >= 11 is 0. The maximum atomic E-state index is 11.6. The van der Waals surface area contributed by atoms with Crippen molar-refractivity contribution in [2.24, 2.45) is 0 Å². The van der Waals surface area contributed by atoms with E-state index in [0.717, 1.165) is 0 Å². The van der Waals surface area contributed by atoms with Crippen molar-refractivity contribution in [1.82, 2.24) is 20.4 Å². The van der Waals surface area contributed by atoms with Crippen LogP contribution in [-0.4, -0.2) is 15.1 Å². The van der Waals surface area contributed by atoms with Gasteiger partial charge in [-0.1, -0.05) is 5.16 Å². The molecule has 21 heavy (non-hydrogen) atoms. The molecule has 0 aliphatic carbocycles. The third kappa shape index (κ3) is 2.59. The Morgan fingerprint density at radius 1 is 1.43 bits per heavy atom. The Bertz CT molecular complexity index is 828. The van der Waals surface area contributed by atoms with E-state index in [1.807, 2.05) is 13.8 Å². The van der Waals surface area contributed by atoms with Crippen molar-refractivity contribution in [2.75, 3.05) is 0 Å². The van der Waals surface area contributed by atoms with Gasteiger partial charge in [0.05, 0.1) is 17.5 Å². The van der Waals surface area contributed by atoms with Crippen LogP contribution in [0.1, 0.15) is 31.3 Å². The Morgan fingerprint density at radius 3 is 2.90 bits per heavy atom. The minimum absolute atomic E-state index is 0.157. The van der Waals surface area contributed by atoms with Gasteiger partial charge in [-0.25, -0.2) is 0 Å². The molecule has 0 bridgehead atoms. The van der Waals surface area contributed by atoms with Gasteiger partial charge in [0.2, 0.25) is 5.89 Å². The Labute approximate surface area is 120 Å². The second-order valence-electron chi connectivity index (χ2n) is 5.41. The molecule has 3 aromatic heterocycles. The van der Waals surface area contributed by atoms with E-state index in [0.29, 0.717) is 35.0 Å². The van der Waals surface area contributed by atoms with E-state index in [9.17, 15) is 4.79 Å². The quantitative estimate of drug-likeness (QED) is 0.760. The van der Waals surface area contributed by atoms with Crippen LogP contribution in [0.3, 0.4) is 0 Å². The summed E-state index contributed by atoms with van der Waals surface area (Å²) in [6, 6.07) is 3.46. The standard InChI is InChI=1S/C14H16N4O3/c1-8-17-13(18-21-8)14(2,3)16-7-9-6-10-11(20-9)4-5-15-12(10)19/h4-6,16H,7H2,1-3H3,(H,15,19). The lowest BCUT2D eigenvalue weighted by molar-refractivity contribution is 0.328. The number of aromatic nitrogens is 3. The first-order chi connectivity index (χ1) is 9.95. The van der Waals surface area contributed by atoms with Gasteiger partial charge in [-0.15, -0.1) is 0 Å². The number of hydrogen-bond acceptors (Lipinski definition) is 6. The van der Waals surface area contributed by atoms with Crippen molar-refractivity contribution in [3.05, 3.63) is 46.2 Å². The van der Waals surface area contributed by atoms with Gasteiger partial charge < -0.3 is 13.9 Å². The third-order valence-electron chi connectivity index (χ3n) is 3.30. The van der Waals surface area contributed by atoms with Crippen molar-refractivity contribution in [2.45, 2.75) is 32.9 Å². The fraction of sp³-hybridized carbons (Fsp3) is 0.357. The summed E-state index contributed by atoms with van der Waals surface area (Å²) in [5.74, 6) is 1.78. The third-order valence-corrected chi connectivity index (χ3v) is 3.30. The molecular formula is C14H16N4O3. The maximum absolute atomic E-state index is 11.6. The van der Waals surface area contributed by atoms with E-state index in [-0.39, 0.29) is 5.56 Å². The monoisotopic (exact) mass is 288 g/mol. The molecule has 3 heterocycles. The first-order valence-electron chi connectivity index (χ1n) is 6.62. The summed E-state index contributed by atoms with van der Waals surface area (Å²) in [6.45, 7) is 6.10. The molecule has 0 spiro atoms. The summed E-state index contributed by atoms with van der Waals surface area (Å²) in [6.07, 6.45) is 1.57. The topological polar surface area (TPSA) is 97.0 Å². The smallest absolute Gasteiger partial charge is 0.259 e. The Hall–Kier alpha value is -2.41. The predicted molar refractivity (Wildman–Crippen MR) is 75.7 cm³/mol. The molecule has 0 aliphatic rings. The minimum Gasteiger partial charge on any atom is -0.459 e. The van der Waals surface area contributed by atoms with Crippen molar-refractivity contribution in [1.29, 1.82) is 0 Å². The Balaban J connectivity index is 1.80. The SMILES string of the molecule is Cc1nc(C(C)(C)NCc2cc3c(=O)[nH]ccc3o2)no1. The zero-order valence-corrected chi connectivity index (χ0v) is 12.1. The highest BCUT2D eigenvalue weighted by atomic mass is 16.5. The number of pyridine rings is 1. The zero-order chi connectivity index (χ0) is 15.0. The molecule has 0 atom stereocenters. The van der Waals surface area contributed by atoms with Gasteiger partial charge in [0, 0.05) is 13.1 Å². The number of H-pyrrole nitrogens is 1. The summed E-state index contributed by atoms with van der Waals surface area (Å²) < 4.78 is 10.6. The van der Waals surface area contributed by atoms with Crippen molar-refractivity contribution in [3.8, 4) is 0 Å². The lowest BCUT2D eigenvalue weighted by Gasteiger charge is -2.21. The number of furan rings is 1. The lowest BCUT2D eigenvalue weighted by Crippen LogP contribution is -2.37. The molecule has 0 amide bonds. The van der Waals surface area contributed by atoms with Crippen LogP contribution in [-0.2, 0) is 12.1 Å². The fourth-order valence-electron chi connectivity index (χ4n) is 2.06. The normalized spacial score (nSPS) is 12.1. The molecule has 110 valence electrons. The van der Waals surface area contributed by atoms with Crippen LogP contribution in [0.5, 0.6) is 0 Å². The largest absolute Gasteiger partial charge is 0.459 e. The van der Waals surface area contributed by atoms with Crippen LogP contribution < -0.4 is 10.9 Å². The number of aryl methyl sites for hydroxylation is 1. The van der Waals surface area contributed by atoms with E-state index in [4.69, 9.17) is 8.94 Å². The molecule has 0 radical (unpaired) electrons. The van der Waals surface area contributed by atoms with E-state index in [2.05, 4.69) is 20.4 Å². The zero-order valence-electron chi connectivity index (χ0n) is 12.1. The predicted octanol–water partition coefficient (Wildman–Crippen LogP) is 1.84.